The number of hydrogen-bond acceptors (Lipinski definition) is 4. The molecule has 6 nitrogen and oxygen atoms in total. The lowest BCUT2D eigenvalue weighted by Crippen LogP contribution is -2.45. The van der Waals surface area contributed by atoms with E-state index in [1.807, 2.05) is 31.2 Å². The zero-order valence-electron chi connectivity index (χ0n) is 17.2. The van der Waals surface area contributed by atoms with Crippen molar-refractivity contribution >= 4 is 22.6 Å². The first-order chi connectivity index (χ1) is 14.0. The Balaban J connectivity index is 1.84. The van der Waals surface area contributed by atoms with E-state index in [1.54, 1.807) is 12.0 Å². The summed E-state index contributed by atoms with van der Waals surface area (Å²) < 4.78 is 5.49. The van der Waals surface area contributed by atoms with Crippen LogP contribution in [0.3, 0.4) is 0 Å². The van der Waals surface area contributed by atoms with Crippen LogP contribution in [0.5, 0.6) is 5.75 Å². The fourth-order valence-electron chi connectivity index (χ4n) is 4.30. The fourth-order valence-corrected chi connectivity index (χ4v) is 4.30. The molecule has 0 aromatic heterocycles. The number of benzene rings is 2. The lowest BCUT2D eigenvalue weighted by Gasteiger charge is -2.31. The van der Waals surface area contributed by atoms with Crippen molar-refractivity contribution in [3.63, 3.8) is 0 Å². The predicted molar refractivity (Wildman–Crippen MR) is 113 cm³/mol. The van der Waals surface area contributed by atoms with Crippen LogP contribution in [0.25, 0.3) is 10.8 Å². The van der Waals surface area contributed by atoms with E-state index in [-0.39, 0.29) is 18.4 Å². The van der Waals surface area contributed by atoms with Crippen LogP contribution < -0.4 is 10.1 Å². The molecule has 1 fully saturated rings. The molecule has 0 radical (unpaired) electrons. The maximum atomic E-state index is 12.6. The maximum absolute atomic E-state index is 12.6. The van der Waals surface area contributed by atoms with Crippen molar-refractivity contribution in [3.8, 4) is 5.75 Å². The van der Waals surface area contributed by atoms with Crippen molar-refractivity contribution in [1.29, 1.82) is 0 Å². The SMILES string of the molecule is CCN(CCO)C(=O)CC[C@]1(Cc2ccc(OC)c3ccccc23)CCC(=O)N1. The molecule has 2 aromatic rings. The Kier molecular flexibility index (Phi) is 6.75. The number of likely N-dealkylation sites (N-methyl/N-ethyl adjacent to an activating group) is 1. The maximum Gasteiger partial charge on any atom is 0.222 e. The van der Waals surface area contributed by atoms with Crippen molar-refractivity contribution in [2.45, 2.75) is 44.6 Å². The minimum absolute atomic E-state index is 0.0154. The molecule has 2 aromatic carbocycles. The van der Waals surface area contributed by atoms with Gasteiger partial charge in [-0.3, -0.25) is 9.59 Å². The van der Waals surface area contributed by atoms with Gasteiger partial charge in [0.15, 0.2) is 0 Å². The van der Waals surface area contributed by atoms with Crippen molar-refractivity contribution in [1.82, 2.24) is 10.2 Å². The number of methoxy groups -OCH3 is 1. The van der Waals surface area contributed by atoms with Gasteiger partial charge in [0.25, 0.3) is 0 Å². The number of amides is 2. The summed E-state index contributed by atoms with van der Waals surface area (Å²) in [5, 5.41) is 14.5. The standard InChI is InChI=1S/C23H30N2O4/c1-3-25(14-15-26)22(28)11-13-23(12-10-21(27)24-23)16-17-8-9-20(29-2)19-7-5-4-6-18(17)19/h4-9,26H,3,10-16H2,1-2H3,(H,24,27)/t23-/m0/s1. The predicted octanol–water partition coefficient (Wildman–Crippen LogP) is 2.66. The molecule has 3 rings (SSSR count). The van der Waals surface area contributed by atoms with E-state index in [4.69, 9.17) is 9.84 Å². The summed E-state index contributed by atoms with van der Waals surface area (Å²) in [6, 6.07) is 12.1. The molecule has 0 aliphatic carbocycles. The third kappa shape index (κ3) is 4.70. The second-order valence-electron chi connectivity index (χ2n) is 7.67. The first-order valence-corrected chi connectivity index (χ1v) is 10.3. The highest BCUT2D eigenvalue weighted by molar-refractivity contribution is 5.91. The number of hydrogen-bond donors (Lipinski definition) is 2. The minimum atomic E-state index is -0.428. The monoisotopic (exact) mass is 398 g/mol. The Bertz CT molecular complexity index is 882. The van der Waals surface area contributed by atoms with Gasteiger partial charge in [-0.25, -0.2) is 0 Å². The third-order valence-corrected chi connectivity index (χ3v) is 5.88. The van der Waals surface area contributed by atoms with E-state index in [2.05, 4.69) is 17.4 Å². The minimum Gasteiger partial charge on any atom is -0.496 e. The highest BCUT2D eigenvalue weighted by Gasteiger charge is 2.38. The summed E-state index contributed by atoms with van der Waals surface area (Å²) in [6.45, 7) is 2.78. The number of carbonyl (C=O) groups excluding carboxylic acids is 2. The van der Waals surface area contributed by atoms with Crippen molar-refractivity contribution in [2.24, 2.45) is 0 Å². The van der Waals surface area contributed by atoms with E-state index in [0.29, 0.717) is 45.2 Å². The van der Waals surface area contributed by atoms with Gasteiger partial charge >= 0.3 is 0 Å². The van der Waals surface area contributed by atoms with Crippen LogP contribution >= 0.6 is 0 Å². The number of rotatable bonds is 9. The molecule has 1 aliphatic rings. The molecule has 0 spiro atoms. The van der Waals surface area contributed by atoms with Gasteiger partial charge in [0.05, 0.1) is 13.7 Å². The number of nitrogens with one attached hydrogen (secondary N) is 1. The number of aliphatic hydroxyl groups excluding tert-OH is 1. The first-order valence-electron chi connectivity index (χ1n) is 10.3. The van der Waals surface area contributed by atoms with E-state index >= 15 is 0 Å². The van der Waals surface area contributed by atoms with Crippen LogP contribution in [-0.4, -0.2) is 54.2 Å². The van der Waals surface area contributed by atoms with Gasteiger partial charge in [0.1, 0.15) is 5.75 Å². The fraction of sp³-hybridized carbons (Fsp3) is 0.478. The average Bonchev–Trinajstić information content (AvgIpc) is 3.11. The highest BCUT2D eigenvalue weighted by atomic mass is 16.5. The van der Waals surface area contributed by atoms with Gasteiger partial charge in [0.2, 0.25) is 11.8 Å². The zero-order valence-corrected chi connectivity index (χ0v) is 17.2. The molecule has 1 saturated heterocycles. The summed E-state index contributed by atoms with van der Waals surface area (Å²) in [4.78, 5) is 26.3. The number of carbonyl (C=O) groups is 2. The molecule has 1 heterocycles. The van der Waals surface area contributed by atoms with Crippen LogP contribution in [0.1, 0.15) is 38.2 Å². The second kappa shape index (κ2) is 9.27. The average molecular weight is 399 g/mol. The van der Waals surface area contributed by atoms with E-state index in [9.17, 15) is 9.59 Å². The van der Waals surface area contributed by atoms with Crippen LogP contribution in [0, 0.1) is 0 Å². The molecule has 29 heavy (non-hydrogen) atoms. The Morgan fingerprint density at radius 3 is 2.62 bits per heavy atom. The Morgan fingerprint density at radius 1 is 1.24 bits per heavy atom. The molecule has 2 amide bonds. The Labute approximate surface area is 171 Å². The van der Waals surface area contributed by atoms with Gasteiger partial charge < -0.3 is 20.1 Å². The Hall–Kier alpha value is -2.60. The zero-order chi connectivity index (χ0) is 20.9. The van der Waals surface area contributed by atoms with E-state index in [1.165, 1.54) is 0 Å². The molecule has 156 valence electrons. The summed E-state index contributed by atoms with van der Waals surface area (Å²) in [5.74, 6) is 0.881. The van der Waals surface area contributed by atoms with Gasteiger partial charge in [-0.15, -0.1) is 0 Å². The van der Waals surface area contributed by atoms with E-state index in [0.717, 1.165) is 22.1 Å². The lowest BCUT2D eigenvalue weighted by molar-refractivity contribution is -0.132. The highest BCUT2D eigenvalue weighted by Crippen LogP contribution is 2.35. The van der Waals surface area contributed by atoms with Crippen LogP contribution in [0.2, 0.25) is 0 Å². The second-order valence-corrected chi connectivity index (χ2v) is 7.67. The van der Waals surface area contributed by atoms with Crippen molar-refractivity contribution in [2.75, 3.05) is 26.8 Å². The summed E-state index contributed by atoms with van der Waals surface area (Å²) in [5.41, 5.74) is 0.710. The van der Waals surface area contributed by atoms with Gasteiger partial charge in [-0.1, -0.05) is 30.3 Å². The molecule has 2 N–H and O–H groups in total. The largest absolute Gasteiger partial charge is 0.496 e. The van der Waals surface area contributed by atoms with Crippen LogP contribution in [0.4, 0.5) is 0 Å². The van der Waals surface area contributed by atoms with Crippen LogP contribution in [-0.2, 0) is 16.0 Å². The quantitative estimate of drug-likeness (QED) is 0.681. The summed E-state index contributed by atoms with van der Waals surface area (Å²) >= 11 is 0. The topological polar surface area (TPSA) is 78.9 Å². The first kappa shape index (κ1) is 21.1. The van der Waals surface area contributed by atoms with Gasteiger partial charge in [-0.2, -0.15) is 0 Å². The van der Waals surface area contributed by atoms with Gasteiger partial charge in [0, 0.05) is 36.9 Å². The lowest BCUT2D eigenvalue weighted by atomic mass is 9.83. The molecule has 1 atom stereocenters. The van der Waals surface area contributed by atoms with Crippen LogP contribution in [0.15, 0.2) is 36.4 Å². The normalized spacial score (nSPS) is 18.7. The molecule has 1 aliphatic heterocycles. The number of aliphatic hydroxyl groups is 1. The molecule has 0 saturated carbocycles. The number of fused-ring (bicyclic) bond motifs is 1. The smallest absolute Gasteiger partial charge is 0.222 e. The molecular weight excluding hydrogens is 368 g/mol. The third-order valence-electron chi connectivity index (χ3n) is 5.88. The Morgan fingerprint density at radius 2 is 2.00 bits per heavy atom. The van der Waals surface area contributed by atoms with E-state index < -0.39 is 5.54 Å². The summed E-state index contributed by atoms with van der Waals surface area (Å²) in [6.07, 6.45) is 2.80. The molecule has 6 heteroatoms. The molecule has 0 unspecified atom stereocenters. The van der Waals surface area contributed by atoms with Gasteiger partial charge in [-0.05, 0) is 43.2 Å². The molecular formula is C23H30N2O4. The summed E-state index contributed by atoms with van der Waals surface area (Å²) in [7, 11) is 1.66. The van der Waals surface area contributed by atoms with Crippen molar-refractivity contribution in [3.05, 3.63) is 42.0 Å². The molecule has 0 bridgehead atoms. The number of nitrogens with zero attached hydrogens (tertiary/aromatic N) is 1. The van der Waals surface area contributed by atoms with Crippen molar-refractivity contribution < 1.29 is 19.4 Å². The number of ether oxygens (including phenoxy) is 1.